The monoisotopic (exact) mass is 705 g/mol. The second-order valence-electron chi connectivity index (χ2n) is 10.3. The molecule has 0 spiro atoms. The van der Waals surface area contributed by atoms with Crippen molar-refractivity contribution in [3.63, 3.8) is 0 Å². The number of thiazole rings is 1. The summed E-state index contributed by atoms with van der Waals surface area (Å²) in [7, 11) is 2.76. The Kier molecular flexibility index (Phi) is 10.6. The molecule has 46 heavy (non-hydrogen) atoms. The summed E-state index contributed by atoms with van der Waals surface area (Å²) < 4.78 is 57.0. The molecule has 0 bridgehead atoms. The van der Waals surface area contributed by atoms with Crippen LogP contribution in [0.5, 0.6) is 5.75 Å². The molecule has 5 rings (SSSR count). The third kappa shape index (κ3) is 7.24. The average Bonchev–Trinajstić information content (AvgIpc) is 3.54. The van der Waals surface area contributed by atoms with E-state index in [0.717, 1.165) is 22.0 Å². The first-order chi connectivity index (χ1) is 21.2. The zero-order chi connectivity index (χ0) is 32.6. The Labute approximate surface area is 273 Å². The summed E-state index contributed by atoms with van der Waals surface area (Å²) in [6, 6.07) is 3.64. The minimum absolute atomic E-state index is 0. The molecule has 0 aliphatic carbocycles. The van der Waals surface area contributed by atoms with Gasteiger partial charge in [-0.2, -0.15) is 4.99 Å². The highest BCUT2D eigenvalue weighted by molar-refractivity contribution is 7.07. The summed E-state index contributed by atoms with van der Waals surface area (Å²) in [5.41, 5.74) is -0.217. The average molecular weight is 707 g/mol. The van der Waals surface area contributed by atoms with Gasteiger partial charge in [0, 0.05) is 30.6 Å². The van der Waals surface area contributed by atoms with Crippen LogP contribution in [0.3, 0.4) is 0 Å². The molecule has 1 N–H and O–H groups in total. The summed E-state index contributed by atoms with van der Waals surface area (Å²) in [5, 5.41) is 4.51. The smallest absolute Gasteiger partial charge is 0.444 e. The number of furan rings is 1. The van der Waals surface area contributed by atoms with Crippen molar-refractivity contribution >= 4 is 58.3 Å². The number of rotatable bonds is 7. The molecule has 18 heteroatoms. The molecule has 1 aliphatic rings. The van der Waals surface area contributed by atoms with Gasteiger partial charge in [0.2, 0.25) is 5.71 Å². The largest absolute Gasteiger partial charge is 0.573 e. The van der Waals surface area contributed by atoms with Crippen molar-refractivity contribution in [2.24, 2.45) is 25.0 Å². The SMILES string of the molecule is Cc1oc2c(c1CC(=O)N=c1scc(-c3ccc(OC(F)(F)F)c(Cl)c3)n1COC(=O)C1CCNCC1)c(=O)n(C)c(=O)n2C.Cl. The van der Waals surface area contributed by atoms with Gasteiger partial charge in [-0.3, -0.25) is 28.1 Å². The van der Waals surface area contributed by atoms with E-state index in [1.807, 2.05) is 0 Å². The van der Waals surface area contributed by atoms with E-state index in [1.54, 1.807) is 12.3 Å². The van der Waals surface area contributed by atoms with Crippen LogP contribution >= 0.6 is 35.3 Å². The Morgan fingerprint density at radius 1 is 1.17 bits per heavy atom. The fourth-order valence-corrected chi connectivity index (χ4v) is 6.17. The minimum atomic E-state index is -4.94. The Hall–Kier alpha value is -3.86. The summed E-state index contributed by atoms with van der Waals surface area (Å²) in [6.07, 6.45) is -4.10. The maximum Gasteiger partial charge on any atom is 0.573 e. The van der Waals surface area contributed by atoms with E-state index >= 15 is 0 Å². The van der Waals surface area contributed by atoms with Crippen LogP contribution in [0.15, 0.2) is 42.6 Å². The van der Waals surface area contributed by atoms with Crippen LogP contribution in [0.25, 0.3) is 22.4 Å². The third-order valence-electron chi connectivity index (χ3n) is 7.40. The number of fused-ring (bicyclic) bond motifs is 1. The van der Waals surface area contributed by atoms with E-state index in [4.69, 9.17) is 20.8 Å². The van der Waals surface area contributed by atoms with E-state index in [1.165, 1.54) is 35.4 Å². The number of carbonyl (C=O) groups excluding carboxylic acids is 2. The van der Waals surface area contributed by atoms with Gasteiger partial charge in [0.1, 0.15) is 16.9 Å². The lowest BCUT2D eigenvalue weighted by Gasteiger charge is -2.21. The maximum absolute atomic E-state index is 13.3. The molecule has 1 aromatic carbocycles. The van der Waals surface area contributed by atoms with E-state index in [9.17, 15) is 32.3 Å². The van der Waals surface area contributed by atoms with Crippen LogP contribution in [0.1, 0.15) is 24.2 Å². The summed E-state index contributed by atoms with van der Waals surface area (Å²) >= 11 is 7.11. The third-order valence-corrected chi connectivity index (χ3v) is 8.55. The number of benzene rings is 1. The standard InChI is InChI=1S/C28H27ClF3N5O7S.ClH/c1-14-17(22-23(39)35(2)27(41)36(3)24(22)43-14)11-21(38)34-26-37(13-42-25(40)15-6-8-33-9-7-15)19(12-45-26)16-4-5-20(18(29)10-16)44-28(30,31)32;/h4-5,10,12,15,33H,6-9,11,13H2,1-3H3;1H. The van der Waals surface area contributed by atoms with Crippen molar-refractivity contribution < 1.29 is 36.7 Å². The van der Waals surface area contributed by atoms with Gasteiger partial charge in [0.15, 0.2) is 11.5 Å². The fraction of sp³-hybridized carbons (Fsp3) is 0.393. The molecule has 1 fully saturated rings. The second-order valence-corrected chi connectivity index (χ2v) is 11.6. The van der Waals surface area contributed by atoms with Crippen LogP contribution in [-0.4, -0.2) is 45.0 Å². The zero-order valence-electron chi connectivity index (χ0n) is 24.6. The predicted octanol–water partition coefficient (Wildman–Crippen LogP) is 3.81. The van der Waals surface area contributed by atoms with Crippen LogP contribution in [0.4, 0.5) is 13.2 Å². The number of halogens is 5. The molecule has 3 aromatic heterocycles. The number of amides is 1. The highest BCUT2D eigenvalue weighted by Gasteiger charge is 2.32. The first kappa shape index (κ1) is 35.0. The maximum atomic E-state index is 13.3. The Morgan fingerprint density at radius 3 is 2.52 bits per heavy atom. The predicted molar refractivity (Wildman–Crippen MR) is 164 cm³/mol. The highest BCUT2D eigenvalue weighted by Crippen LogP contribution is 2.34. The van der Waals surface area contributed by atoms with Crippen LogP contribution in [-0.2, 0) is 41.6 Å². The van der Waals surface area contributed by atoms with Crippen molar-refractivity contribution in [3.8, 4) is 17.0 Å². The number of hydrogen-bond acceptors (Lipinski definition) is 9. The summed E-state index contributed by atoms with van der Waals surface area (Å²) in [5.74, 6) is -1.76. The van der Waals surface area contributed by atoms with Gasteiger partial charge in [0.05, 0.1) is 23.1 Å². The number of piperidine rings is 1. The molecule has 12 nitrogen and oxygen atoms in total. The van der Waals surface area contributed by atoms with E-state index < -0.39 is 35.2 Å². The van der Waals surface area contributed by atoms with Gasteiger partial charge >= 0.3 is 18.0 Å². The van der Waals surface area contributed by atoms with Gasteiger partial charge < -0.3 is 19.2 Å². The molecule has 248 valence electrons. The Balaban J connectivity index is 0.00000480. The van der Waals surface area contributed by atoms with Crippen LogP contribution in [0.2, 0.25) is 5.02 Å². The van der Waals surface area contributed by atoms with Crippen molar-refractivity contribution in [2.45, 2.75) is 39.3 Å². The van der Waals surface area contributed by atoms with E-state index in [-0.39, 0.29) is 63.7 Å². The molecule has 1 aliphatic heterocycles. The van der Waals surface area contributed by atoms with Gasteiger partial charge in [-0.25, -0.2) is 4.79 Å². The number of ether oxygens (including phenoxy) is 2. The van der Waals surface area contributed by atoms with Gasteiger partial charge in [-0.1, -0.05) is 11.6 Å². The van der Waals surface area contributed by atoms with Crippen molar-refractivity contribution in [1.82, 2.24) is 19.0 Å². The number of nitrogens with zero attached hydrogens (tertiary/aromatic N) is 4. The molecule has 1 amide bonds. The minimum Gasteiger partial charge on any atom is -0.444 e. The first-order valence-corrected chi connectivity index (χ1v) is 14.9. The highest BCUT2D eigenvalue weighted by atomic mass is 35.5. The second kappa shape index (κ2) is 13.9. The Morgan fingerprint density at radius 2 is 1.87 bits per heavy atom. The lowest BCUT2D eigenvalue weighted by molar-refractivity contribution is -0.274. The number of alkyl halides is 3. The van der Waals surface area contributed by atoms with Crippen LogP contribution < -0.4 is 26.1 Å². The van der Waals surface area contributed by atoms with Crippen LogP contribution in [0, 0.1) is 12.8 Å². The van der Waals surface area contributed by atoms with Crippen molar-refractivity contribution in [1.29, 1.82) is 0 Å². The van der Waals surface area contributed by atoms with E-state index in [0.29, 0.717) is 37.2 Å². The number of aryl methyl sites for hydroxylation is 2. The number of hydrogen-bond donors (Lipinski definition) is 1. The summed E-state index contributed by atoms with van der Waals surface area (Å²) in [6.45, 7) is 2.54. The van der Waals surface area contributed by atoms with Crippen molar-refractivity contribution in [2.75, 3.05) is 13.1 Å². The first-order valence-electron chi connectivity index (χ1n) is 13.6. The molecular formula is C28H28Cl2F3N5O7S. The zero-order valence-corrected chi connectivity index (χ0v) is 27.0. The van der Waals surface area contributed by atoms with Gasteiger partial charge in [-0.15, -0.1) is 36.9 Å². The fourth-order valence-electron chi connectivity index (χ4n) is 5.04. The lowest BCUT2D eigenvalue weighted by Crippen LogP contribution is -2.36. The van der Waals surface area contributed by atoms with Crippen molar-refractivity contribution in [3.05, 3.63) is 65.6 Å². The molecule has 0 radical (unpaired) electrons. The molecule has 0 saturated carbocycles. The molecule has 4 heterocycles. The molecule has 0 atom stereocenters. The molecular weight excluding hydrogens is 678 g/mol. The summed E-state index contributed by atoms with van der Waals surface area (Å²) in [4.78, 5) is 55.7. The van der Waals surface area contributed by atoms with Gasteiger partial charge in [-0.05, 0) is 51.1 Å². The topological polar surface area (TPSA) is 139 Å². The Bertz CT molecular complexity index is 1990. The molecule has 0 unspecified atom stereocenters. The van der Waals surface area contributed by atoms with E-state index in [2.05, 4.69) is 15.0 Å². The number of nitrogens with one attached hydrogen (secondary N) is 1. The lowest BCUT2D eigenvalue weighted by atomic mass is 9.99. The number of esters is 1. The number of carbonyl (C=O) groups is 2. The number of aromatic nitrogens is 3. The van der Waals surface area contributed by atoms with Gasteiger partial charge in [0.25, 0.3) is 11.5 Å². The normalized spacial score (nSPS) is 14.4. The molecule has 4 aromatic rings. The quantitative estimate of drug-likeness (QED) is 0.287. The molecule has 1 saturated heterocycles.